The van der Waals surface area contributed by atoms with Crippen LogP contribution < -0.4 is 0 Å². The molecule has 7 nitrogen and oxygen atoms in total. The Morgan fingerprint density at radius 3 is 2.75 bits per heavy atom. The third-order valence-electron chi connectivity index (χ3n) is 5.35. The minimum absolute atomic E-state index is 0.00792. The third kappa shape index (κ3) is 3.32. The van der Waals surface area contributed by atoms with Crippen molar-refractivity contribution < 1.29 is 4.79 Å². The Morgan fingerprint density at radius 2 is 2.00 bits per heavy atom. The molecule has 1 aromatic carbocycles. The first-order chi connectivity index (χ1) is 13.5. The van der Waals surface area contributed by atoms with E-state index in [0.29, 0.717) is 36.2 Å². The van der Waals surface area contributed by atoms with Crippen LogP contribution in [0.4, 0.5) is 0 Å². The minimum atomic E-state index is -0.00792. The summed E-state index contributed by atoms with van der Waals surface area (Å²) in [5.41, 5.74) is 3.39. The van der Waals surface area contributed by atoms with E-state index in [2.05, 4.69) is 38.0 Å². The van der Waals surface area contributed by atoms with Gasteiger partial charge in [0.05, 0.1) is 12.2 Å². The van der Waals surface area contributed by atoms with Gasteiger partial charge in [-0.25, -0.2) is 9.67 Å². The summed E-state index contributed by atoms with van der Waals surface area (Å²) in [6, 6.07) is 10.0. The van der Waals surface area contributed by atoms with Crippen molar-refractivity contribution in [3.8, 4) is 17.2 Å². The van der Waals surface area contributed by atoms with E-state index in [1.165, 1.54) is 0 Å². The van der Waals surface area contributed by atoms with Gasteiger partial charge in [0.25, 0.3) is 5.91 Å². The molecule has 0 N–H and O–H groups in total. The van der Waals surface area contributed by atoms with Gasteiger partial charge in [-0.2, -0.15) is 10.2 Å². The summed E-state index contributed by atoms with van der Waals surface area (Å²) in [6.45, 7) is 7.79. The number of aromatic nitrogens is 5. The second-order valence-electron chi connectivity index (χ2n) is 7.68. The van der Waals surface area contributed by atoms with Crippen molar-refractivity contribution in [2.75, 3.05) is 13.6 Å². The molecule has 0 radical (unpaired) electrons. The second kappa shape index (κ2) is 7.22. The van der Waals surface area contributed by atoms with Crippen molar-refractivity contribution >= 4 is 5.91 Å². The van der Waals surface area contributed by atoms with Gasteiger partial charge in [-0.05, 0) is 30.5 Å². The molecule has 1 aliphatic heterocycles. The van der Waals surface area contributed by atoms with Crippen LogP contribution in [0.2, 0.25) is 0 Å². The molecule has 1 atom stereocenters. The predicted octanol–water partition coefficient (Wildman–Crippen LogP) is 3.11. The molecule has 0 fully saturated rings. The molecular weight excluding hydrogens is 352 g/mol. The minimum Gasteiger partial charge on any atom is -0.339 e. The van der Waals surface area contributed by atoms with Gasteiger partial charge >= 0.3 is 0 Å². The zero-order chi connectivity index (χ0) is 19.8. The van der Waals surface area contributed by atoms with E-state index in [1.54, 1.807) is 9.58 Å². The summed E-state index contributed by atoms with van der Waals surface area (Å²) in [4.78, 5) is 19.0. The fourth-order valence-corrected chi connectivity index (χ4v) is 3.41. The van der Waals surface area contributed by atoms with Gasteiger partial charge < -0.3 is 4.90 Å². The van der Waals surface area contributed by atoms with Crippen LogP contribution in [0.15, 0.2) is 30.3 Å². The summed E-state index contributed by atoms with van der Waals surface area (Å²) >= 11 is 0. The number of hydrogen-bond donors (Lipinski definition) is 0. The molecule has 0 saturated carbocycles. The van der Waals surface area contributed by atoms with Crippen LogP contribution in [0.25, 0.3) is 17.2 Å². The number of nitrogens with zero attached hydrogens (tertiary/aromatic N) is 6. The number of amides is 1. The number of benzene rings is 1. The smallest absolute Gasteiger partial charge is 0.271 e. The van der Waals surface area contributed by atoms with E-state index < -0.39 is 0 Å². The first-order valence-corrected chi connectivity index (χ1v) is 9.83. The van der Waals surface area contributed by atoms with Gasteiger partial charge in [0.1, 0.15) is 11.4 Å². The molecule has 4 rings (SSSR count). The average molecular weight is 378 g/mol. The second-order valence-corrected chi connectivity index (χ2v) is 7.68. The van der Waals surface area contributed by atoms with Crippen LogP contribution in [0, 0.1) is 12.8 Å². The Bertz CT molecular complexity index is 1020. The molecule has 28 heavy (non-hydrogen) atoms. The Kier molecular flexibility index (Phi) is 4.75. The number of carbonyl (C=O) groups is 1. The predicted molar refractivity (Wildman–Crippen MR) is 107 cm³/mol. The molecule has 3 aromatic rings. The van der Waals surface area contributed by atoms with Gasteiger partial charge in [-0.1, -0.05) is 32.4 Å². The lowest BCUT2D eigenvalue weighted by Crippen LogP contribution is -2.37. The van der Waals surface area contributed by atoms with Crippen LogP contribution in [0.5, 0.6) is 0 Å². The van der Waals surface area contributed by atoms with Gasteiger partial charge in [0, 0.05) is 26.1 Å². The highest BCUT2D eigenvalue weighted by atomic mass is 16.2. The van der Waals surface area contributed by atoms with Gasteiger partial charge in [-0.15, -0.1) is 0 Å². The first kappa shape index (κ1) is 18.4. The van der Waals surface area contributed by atoms with Crippen molar-refractivity contribution in [1.82, 2.24) is 29.4 Å². The number of likely N-dealkylation sites (N-methyl/N-ethyl adjacent to an activating group) is 1. The van der Waals surface area contributed by atoms with E-state index in [9.17, 15) is 4.79 Å². The van der Waals surface area contributed by atoms with Crippen LogP contribution >= 0.6 is 0 Å². The Hall–Kier alpha value is -2.96. The summed E-state index contributed by atoms with van der Waals surface area (Å²) in [7, 11) is 1.82. The standard InChI is InChI=1S/C21H26N6O/c1-5-14(2)12-19-22-20(27(24-19)16-8-6-7-15(3)11-16)17-13-18-21(28)25(4)9-10-26(18)23-17/h6-8,11,13-14H,5,9-10,12H2,1-4H3. The van der Waals surface area contributed by atoms with Crippen molar-refractivity contribution in [2.45, 2.75) is 40.2 Å². The number of carbonyl (C=O) groups excluding carboxylic acids is 1. The monoisotopic (exact) mass is 378 g/mol. The van der Waals surface area contributed by atoms with E-state index >= 15 is 0 Å². The maximum Gasteiger partial charge on any atom is 0.271 e. The maximum absolute atomic E-state index is 12.5. The van der Waals surface area contributed by atoms with Gasteiger partial charge in [0.15, 0.2) is 11.6 Å². The van der Waals surface area contributed by atoms with Crippen molar-refractivity contribution in [3.05, 3.63) is 47.4 Å². The van der Waals surface area contributed by atoms with Crippen molar-refractivity contribution in [3.63, 3.8) is 0 Å². The molecule has 3 heterocycles. The van der Waals surface area contributed by atoms with E-state index in [-0.39, 0.29) is 5.91 Å². The number of rotatable bonds is 5. The van der Waals surface area contributed by atoms with Crippen molar-refractivity contribution in [1.29, 1.82) is 0 Å². The molecule has 0 bridgehead atoms. The van der Waals surface area contributed by atoms with Crippen LogP contribution in [-0.4, -0.2) is 48.9 Å². The summed E-state index contributed by atoms with van der Waals surface area (Å²) in [5.74, 6) is 1.99. The van der Waals surface area contributed by atoms with Crippen LogP contribution in [0.1, 0.15) is 42.1 Å². The molecule has 7 heteroatoms. The lowest BCUT2D eigenvalue weighted by Gasteiger charge is -2.22. The Labute approximate surface area is 165 Å². The molecule has 0 spiro atoms. The van der Waals surface area contributed by atoms with E-state index in [1.807, 2.05) is 29.9 Å². The third-order valence-corrected chi connectivity index (χ3v) is 5.35. The number of hydrogen-bond acceptors (Lipinski definition) is 4. The van der Waals surface area contributed by atoms with Gasteiger partial charge in [-0.3, -0.25) is 9.48 Å². The average Bonchev–Trinajstić information content (AvgIpc) is 3.29. The fraction of sp³-hybridized carbons (Fsp3) is 0.429. The van der Waals surface area contributed by atoms with Crippen molar-refractivity contribution in [2.24, 2.45) is 5.92 Å². The Morgan fingerprint density at radius 1 is 1.18 bits per heavy atom. The molecule has 0 saturated heterocycles. The molecular formula is C21H26N6O. The summed E-state index contributed by atoms with van der Waals surface area (Å²) in [5, 5.41) is 9.46. The van der Waals surface area contributed by atoms with Crippen LogP contribution in [0.3, 0.4) is 0 Å². The highest BCUT2D eigenvalue weighted by Gasteiger charge is 2.26. The zero-order valence-electron chi connectivity index (χ0n) is 16.9. The highest BCUT2D eigenvalue weighted by molar-refractivity contribution is 5.94. The topological polar surface area (TPSA) is 68.8 Å². The quantitative estimate of drug-likeness (QED) is 0.684. The number of aryl methyl sites for hydroxylation is 1. The SMILES string of the molecule is CCC(C)Cc1nc(-c2cc3n(n2)CCN(C)C3=O)n(-c2cccc(C)c2)n1. The lowest BCUT2D eigenvalue weighted by atomic mass is 10.1. The molecule has 146 valence electrons. The fourth-order valence-electron chi connectivity index (χ4n) is 3.41. The normalized spacial score (nSPS) is 15.0. The zero-order valence-corrected chi connectivity index (χ0v) is 16.9. The van der Waals surface area contributed by atoms with E-state index in [0.717, 1.165) is 29.9 Å². The molecule has 2 aromatic heterocycles. The number of fused-ring (bicyclic) bond motifs is 1. The largest absolute Gasteiger partial charge is 0.339 e. The molecule has 1 unspecified atom stereocenters. The van der Waals surface area contributed by atoms with Crippen LogP contribution in [-0.2, 0) is 13.0 Å². The van der Waals surface area contributed by atoms with E-state index in [4.69, 9.17) is 10.1 Å². The first-order valence-electron chi connectivity index (χ1n) is 9.83. The van der Waals surface area contributed by atoms with Gasteiger partial charge in [0.2, 0.25) is 0 Å². The molecule has 0 aliphatic carbocycles. The summed E-state index contributed by atoms with van der Waals surface area (Å²) < 4.78 is 3.63. The molecule has 1 amide bonds. The lowest BCUT2D eigenvalue weighted by molar-refractivity contribution is 0.0743. The highest BCUT2D eigenvalue weighted by Crippen LogP contribution is 2.24. The summed E-state index contributed by atoms with van der Waals surface area (Å²) in [6.07, 6.45) is 1.89. The maximum atomic E-state index is 12.5. The Balaban J connectivity index is 1.81. The molecule has 1 aliphatic rings.